The minimum atomic E-state index is -0.644. The van der Waals surface area contributed by atoms with E-state index in [4.69, 9.17) is 15.9 Å². The van der Waals surface area contributed by atoms with Crippen molar-refractivity contribution < 1.29 is 14.3 Å². The van der Waals surface area contributed by atoms with E-state index >= 15 is 0 Å². The number of nitrogens with one attached hydrogen (secondary N) is 3. The molecule has 0 aromatic carbocycles. The van der Waals surface area contributed by atoms with Crippen LogP contribution in [0.4, 0.5) is 0 Å². The van der Waals surface area contributed by atoms with Gasteiger partial charge in [-0.2, -0.15) is 0 Å². The number of carbonyl (C=O) groups excluding carboxylic acids is 2. The lowest BCUT2D eigenvalue weighted by molar-refractivity contribution is -0.145. The van der Waals surface area contributed by atoms with Gasteiger partial charge in [0.2, 0.25) is 5.91 Å². The third-order valence-corrected chi connectivity index (χ3v) is 3.89. The molecule has 2 atom stereocenters. The molecule has 7 heteroatoms. The van der Waals surface area contributed by atoms with Crippen LogP contribution < -0.4 is 16.4 Å². The molecule has 2 unspecified atom stereocenters. The fourth-order valence-corrected chi connectivity index (χ4v) is 2.59. The second-order valence-corrected chi connectivity index (χ2v) is 6.77. The first-order chi connectivity index (χ1) is 11.8. The summed E-state index contributed by atoms with van der Waals surface area (Å²) in [6.07, 6.45) is 5.21. The second-order valence-electron chi connectivity index (χ2n) is 6.77. The van der Waals surface area contributed by atoms with E-state index in [0.717, 1.165) is 25.7 Å². The highest BCUT2D eigenvalue weighted by Gasteiger charge is 2.26. The van der Waals surface area contributed by atoms with Gasteiger partial charge in [0.25, 0.3) is 0 Å². The first kappa shape index (κ1) is 23.5. The summed E-state index contributed by atoms with van der Waals surface area (Å²) < 4.78 is 4.82. The normalized spacial score (nSPS) is 13.4. The maximum Gasteiger partial charge on any atom is 0.328 e. The molecule has 1 amide bonds. The Balaban J connectivity index is 4.69. The number of hydrogen-bond donors (Lipinski definition) is 4. The molecule has 0 heterocycles. The lowest BCUT2D eigenvalue weighted by Gasteiger charge is -2.24. The van der Waals surface area contributed by atoms with E-state index in [2.05, 4.69) is 10.6 Å². The molecular weight excluding hydrogens is 320 g/mol. The van der Waals surface area contributed by atoms with Gasteiger partial charge in [0.1, 0.15) is 6.04 Å². The van der Waals surface area contributed by atoms with E-state index < -0.39 is 12.0 Å². The summed E-state index contributed by atoms with van der Waals surface area (Å²) in [5.41, 5.74) is 6.15. The zero-order chi connectivity index (χ0) is 19.2. The van der Waals surface area contributed by atoms with Crippen LogP contribution in [-0.2, 0) is 14.3 Å². The molecule has 25 heavy (non-hydrogen) atoms. The molecule has 0 rings (SSSR count). The van der Waals surface area contributed by atoms with Gasteiger partial charge in [0.15, 0.2) is 0 Å². The monoisotopic (exact) mass is 356 g/mol. The van der Waals surface area contributed by atoms with Crippen LogP contribution in [0, 0.1) is 5.41 Å². The molecule has 5 N–H and O–H groups in total. The number of ether oxygens (including phenoxy) is 1. The van der Waals surface area contributed by atoms with Gasteiger partial charge < -0.3 is 26.5 Å². The fraction of sp³-hybridized carbons (Fsp3) is 0.833. The Morgan fingerprint density at radius 3 is 2.20 bits per heavy atom. The first-order valence-corrected chi connectivity index (χ1v) is 9.20. The lowest BCUT2D eigenvalue weighted by Crippen LogP contribution is -2.51. The van der Waals surface area contributed by atoms with Gasteiger partial charge in [0.05, 0.1) is 13.2 Å². The highest BCUT2D eigenvalue weighted by molar-refractivity contribution is 5.87. The molecule has 0 radical (unpaired) electrons. The highest BCUT2D eigenvalue weighted by Crippen LogP contribution is 2.08. The Bertz CT molecular complexity index is 413. The average Bonchev–Trinajstić information content (AvgIpc) is 2.55. The number of rotatable bonds is 14. The van der Waals surface area contributed by atoms with E-state index in [0.29, 0.717) is 31.5 Å². The van der Waals surface area contributed by atoms with E-state index in [1.165, 1.54) is 7.11 Å². The molecule has 7 nitrogen and oxygen atoms in total. The largest absolute Gasteiger partial charge is 0.467 e. The van der Waals surface area contributed by atoms with Crippen molar-refractivity contribution in [3.63, 3.8) is 0 Å². The average molecular weight is 357 g/mol. The summed E-state index contributed by atoms with van der Waals surface area (Å²) >= 11 is 0. The Kier molecular flexibility index (Phi) is 13.0. The number of carbonyl (C=O) groups is 2. The minimum absolute atomic E-state index is 0.167. The SMILES string of the molecule is COC(=O)C(CCCCC(C)=N)NC(=O)C(CCCCN)NC(C)C. The van der Waals surface area contributed by atoms with Crippen molar-refractivity contribution in [3.8, 4) is 0 Å². The van der Waals surface area contributed by atoms with Crippen LogP contribution in [0.5, 0.6) is 0 Å². The number of methoxy groups -OCH3 is 1. The standard InChI is InChI=1S/C18H36N4O3/c1-13(2)21-15(10-7-8-12-19)17(23)22-16(18(24)25-4)11-6-5-9-14(3)20/h13,15-16,20-21H,5-12,19H2,1-4H3,(H,22,23). The topological polar surface area (TPSA) is 117 Å². The molecule has 0 spiro atoms. The molecule has 0 aromatic heterocycles. The number of nitrogens with two attached hydrogens (primary N) is 1. The van der Waals surface area contributed by atoms with Crippen LogP contribution in [-0.4, -0.2) is 49.4 Å². The predicted octanol–water partition coefficient (Wildman–Crippen LogP) is 1.74. The molecule has 0 aromatic rings. The van der Waals surface area contributed by atoms with Gasteiger partial charge >= 0.3 is 5.97 Å². The van der Waals surface area contributed by atoms with E-state index in [1.54, 1.807) is 6.92 Å². The Labute approximate surface area is 152 Å². The first-order valence-electron chi connectivity index (χ1n) is 9.20. The molecule has 0 saturated carbocycles. The van der Waals surface area contributed by atoms with Gasteiger partial charge in [-0.3, -0.25) is 4.79 Å². The van der Waals surface area contributed by atoms with E-state index in [-0.39, 0.29) is 18.0 Å². The maximum absolute atomic E-state index is 12.6. The van der Waals surface area contributed by atoms with Crippen molar-refractivity contribution in [2.24, 2.45) is 5.73 Å². The smallest absolute Gasteiger partial charge is 0.328 e. The van der Waals surface area contributed by atoms with Crippen molar-refractivity contribution in [2.75, 3.05) is 13.7 Å². The zero-order valence-electron chi connectivity index (χ0n) is 16.2. The molecule has 0 aliphatic carbocycles. The van der Waals surface area contributed by atoms with Crippen molar-refractivity contribution in [2.45, 2.75) is 83.8 Å². The van der Waals surface area contributed by atoms with Gasteiger partial charge in [-0.05, 0) is 45.6 Å². The van der Waals surface area contributed by atoms with Crippen molar-refractivity contribution in [1.82, 2.24) is 10.6 Å². The Morgan fingerprint density at radius 1 is 1.08 bits per heavy atom. The lowest BCUT2D eigenvalue weighted by atomic mass is 10.0. The van der Waals surface area contributed by atoms with E-state index in [9.17, 15) is 9.59 Å². The number of unbranched alkanes of at least 4 members (excludes halogenated alkanes) is 2. The second kappa shape index (κ2) is 13.8. The number of hydrogen-bond acceptors (Lipinski definition) is 6. The molecule has 0 bridgehead atoms. The highest BCUT2D eigenvalue weighted by atomic mass is 16.5. The fourth-order valence-electron chi connectivity index (χ4n) is 2.59. The van der Waals surface area contributed by atoms with Crippen molar-refractivity contribution in [3.05, 3.63) is 0 Å². The zero-order valence-corrected chi connectivity index (χ0v) is 16.2. The summed E-state index contributed by atoms with van der Waals surface area (Å²) in [5, 5.41) is 13.5. The summed E-state index contributed by atoms with van der Waals surface area (Å²) in [6.45, 7) is 6.34. The van der Waals surface area contributed by atoms with Gasteiger partial charge in [0, 0.05) is 11.8 Å². The van der Waals surface area contributed by atoms with Crippen molar-refractivity contribution >= 4 is 17.6 Å². The van der Waals surface area contributed by atoms with Gasteiger partial charge in [-0.25, -0.2) is 4.79 Å². The van der Waals surface area contributed by atoms with E-state index in [1.807, 2.05) is 13.8 Å². The van der Waals surface area contributed by atoms with Crippen LogP contribution in [0.25, 0.3) is 0 Å². The molecular formula is C18H36N4O3. The molecule has 0 aliphatic heterocycles. The third kappa shape index (κ3) is 11.7. The Hall–Kier alpha value is -1.47. The van der Waals surface area contributed by atoms with Gasteiger partial charge in [-0.1, -0.05) is 26.7 Å². The quantitative estimate of drug-likeness (QED) is 0.215. The maximum atomic E-state index is 12.6. The van der Waals surface area contributed by atoms with Crippen molar-refractivity contribution in [1.29, 1.82) is 5.41 Å². The molecule has 0 fully saturated rings. The van der Waals surface area contributed by atoms with Crippen LogP contribution in [0.15, 0.2) is 0 Å². The Morgan fingerprint density at radius 2 is 1.68 bits per heavy atom. The molecule has 0 aliphatic rings. The minimum Gasteiger partial charge on any atom is -0.467 e. The summed E-state index contributed by atoms with van der Waals surface area (Å²) in [6, 6.07) is -0.821. The summed E-state index contributed by atoms with van der Waals surface area (Å²) in [4.78, 5) is 24.6. The van der Waals surface area contributed by atoms with Crippen LogP contribution >= 0.6 is 0 Å². The predicted molar refractivity (Wildman–Crippen MR) is 101 cm³/mol. The molecule has 146 valence electrons. The van der Waals surface area contributed by atoms with Crippen LogP contribution in [0.3, 0.4) is 0 Å². The third-order valence-electron chi connectivity index (χ3n) is 3.89. The number of esters is 1. The van der Waals surface area contributed by atoms with Crippen LogP contribution in [0.2, 0.25) is 0 Å². The molecule has 0 saturated heterocycles. The van der Waals surface area contributed by atoms with Crippen LogP contribution in [0.1, 0.15) is 65.7 Å². The van der Waals surface area contributed by atoms with Gasteiger partial charge in [-0.15, -0.1) is 0 Å². The number of amides is 1. The summed E-state index contributed by atoms with van der Waals surface area (Å²) in [7, 11) is 1.33. The summed E-state index contributed by atoms with van der Waals surface area (Å²) in [5.74, 6) is -0.602.